The van der Waals surface area contributed by atoms with Crippen molar-refractivity contribution < 1.29 is 4.39 Å². The molecule has 2 aromatic rings. The molecule has 0 amide bonds. The Morgan fingerprint density at radius 2 is 1.83 bits per heavy atom. The van der Waals surface area contributed by atoms with E-state index >= 15 is 0 Å². The summed E-state index contributed by atoms with van der Waals surface area (Å²) in [6.07, 6.45) is 0. The quantitative estimate of drug-likeness (QED) is 0.660. The summed E-state index contributed by atoms with van der Waals surface area (Å²) in [6.45, 7) is 2.06. The third-order valence-corrected chi connectivity index (χ3v) is 4.03. The number of hydrogen-bond acceptors (Lipinski definition) is 1. The van der Waals surface area contributed by atoms with Crippen LogP contribution in [-0.4, -0.2) is 0 Å². The molecule has 4 heteroatoms. The number of nitrogens with one attached hydrogen (secondary N) is 1. The Morgan fingerprint density at radius 1 is 1.17 bits per heavy atom. The molecule has 1 unspecified atom stereocenters. The highest BCUT2D eigenvalue weighted by atomic mass is 127. The predicted molar refractivity (Wildman–Crippen MR) is 85.3 cm³/mol. The minimum atomic E-state index is -0.207. The SMILES string of the molecule is CC(Nc1cc(I)ccc1Br)c1ccc(F)cc1. The van der Waals surface area contributed by atoms with Gasteiger partial charge in [-0.3, -0.25) is 0 Å². The molecule has 0 aromatic heterocycles. The fourth-order valence-electron chi connectivity index (χ4n) is 1.68. The van der Waals surface area contributed by atoms with Crippen molar-refractivity contribution in [2.45, 2.75) is 13.0 Å². The van der Waals surface area contributed by atoms with E-state index in [0.717, 1.165) is 15.7 Å². The van der Waals surface area contributed by atoms with Crippen LogP contribution in [0.3, 0.4) is 0 Å². The lowest BCUT2D eigenvalue weighted by Gasteiger charge is -2.17. The van der Waals surface area contributed by atoms with Crippen molar-refractivity contribution in [1.29, 1.82) is 0 Å². The molecule has 1 atom stereocenters. The molecule has 0 heterocycles. The third-order valence-electron chi connectivity index (χ3n) is 2.67. The van der Waals surface area contributed by atoms with Gasteiger partial charge in [-0.1, -0.05) is 12.1 Å². The van der Waals surface area contributed by atoms with Crippen LogP contribution < -0.4 is 5.32 Å². The number of benzene rings is 2. The van der Waals surface area contributed by atoms with Gasteiger partial charge in [0, 0.05) is 19.8 Å². The van der Waals surface area contributed by atoms with Crippen LogP contribution in [0.5, 0.6) is 0 Å². The number of hydrogen-bond donors (Lipinski definition) is 1. The van der Waals surface area contributed by atoms with E-state index in [-0.39, 0.29) is 11.9 Å². The molecule has 2 rings (SSSR count). The van der Waals surface area contributed by atoms with Gasteiger partial charge >= 0.3 is 0 Å². The first-order chi connectivity index (χ1) is 8.56. The van der Waals surface area contributed by atoms with Gasteiger partial charge in [-0.2, -0.15) is 0 Å². The molecule has 0 saturated carbocycles. The van der Waals surface area contributed by atoms with Crippen LogP contribution in [0.25, 0.3) is 0 Å². The fourth-order valence-corrected chi connectivity index (χ4v) is 2.53. The van der Waals surface area contributed by atoms with Gasteiger partial charge in [0.2, 0.25) is 0 Å². The van der Waals surface area contributed by atoms with Crippen LogP contribution in [0.15, 0.2) is 46.9 Å². The Bertz CT molecular complexity index is 542. The second-order valence-electron chi connectivity index (χ2n) is 4.04. The Kier molecular flexibility index (Phi) is 4.61. The van der Waals surface area contributed by atoms with Crippen molar-refractivity contribution in [2.24, 2.45) is 0 Å². The molecule has 0 saturated heterocycles. The van der Waals surface area contributed by atoms with E-state index in [0.29, 0.717) is 0 Å². The minimum absolute atomic E-state index is 0.125. The van der Waals surface area contributed by atoms with E-state index < -0.39 is 0 Å². The molecule has 0 aliphatic carbocycles. The van der Waals surface area contributed by atoms with Crippen LogP contribution in [0.2, 0.25) is 0 Å². The first kappa shape index (κ1) is 13.8. The number of anilines is 1. The maximum Gasteiger partial charge on any atom is 0.123 e. The zero-order valence-electron chi connectivity index (χ0n) is 9.75. The lowest BCUT2D eigenvalue weighted by Crippen LogP contribution is -2.07. The van der Waals surface area contributed by atoms with E-state index in [9.17, 15) is 4.39 Å². The van der Waals surface area contributed by atoms with E-state index in [1.807, 2.05) is 12.1 Å². The van der Waals surface area contributed by atoms with Crippen molar-refractivity contribution in [3.05, 3.63) is 61.9 Å². The fraction of sp³-hybridized carbons (Fsp3) is 0.143. The molecule has 18 heavy (non-hydrogen) atoms. The molecular weight excluding hydrogens is 408 g/mol. The molecule has 0 fully saturated rings. The minimum Gasteiger partial charge on any atom is -0.378 e. The molecule has 94 valence electrons. The Balaban J connectivity index is 2.18. The summed E-state index contributed by atoms with van der Waals surface area (Å²) < 4.78 is 15.1. The summed E-state index contributed by atoms with van der Waals surface area (Å²) in [6, 6.07) is 12.8. The second kappa shape index (κ2) is 6.02. The Labute approximate surface area is 128 Å². The van der Waals surface area contributed by atoms with Crippen molar-refractivity contribution >= 4 is 44.2 Å². The van der Waals surface area contributed by atoms with Crippen LogP contribution in [-0.2, 0) is 0 Å². The van der Waals surface area contributed by atoms with Crippen molar-refractivity contribution in [3.8, 4) is 0 Å². The zero-order valence-corrected chi connectivity index (χ0v) is 13.5. The third kappa shape index (κ3) is 3.45. The van der Waals surface area contributed by atoms with Gasteiger partial charge in [-0.05, 0) is 81.3 Å². The number of rotatable bonds is 3. The molecule has 0 radical (unpaired) electrons. The van der Waals surface area contributed by atoms with Gasteiger partial charge in [-0.15, -0.1) is 0 Å². The van der Waals surface area contributed by atoms with Crippen LogP contribution in [0, 0.1) is 9.39 Å². The molecule has 1 N–H and O–H groups in total. The van der Waals surface area contributed by atoms with Crippen molar-refractivity contribution in [1.82, 2.24) is 0 Å². The summed E-state index contributed by atoms with van der Waals surface area (Å²) in [5, 5.41) is 3.41. The van der Waals surface area contributed by atoms with Gasteiger partial charge in [0.15, 0.2) is 0 Å². The molecule has 2 aromatic carbocycles. The van der Waals surface area contributed by atoms with E-state index in [2.05, 4.69) is 56.8 Å². The van der Waals surface area contributed by atoms with Gasteiger partial charge in [0.05, 0.1) is 0 Å². The summed E-state index contributed by atoms with van der Waals surface area (Å²) >= 11 is 5.79. The average molecular weight is 420 g/mol. The molecule has 0 bridgehead atoms. The molecule has 0 aliphatic rings. The van der Waals surface area contributed by atoms with Crippen molar-refractivity contribution in [3.63, 3.8) is 0 Å². The highest BCUT2D eigenvalue weighted by molar-refractivity contribution is 14.1. The van der Waals surface area contributed by atoms with E-state index in [4.69, 9.17) is 0 Å². The maximum absolute atomic E-state index is 12.9. The maximum atomic E-state index is 12.9. The van der Waals surface area contributed by atoms with Gasteiger partial charge in [-0.25, -0.2) is 4.39 Å². The monoisotopic (exact) mass is 419 g/mol. The van der Waals surface area contributed by atoms with Gasteiger partial charge < -0.3 is 5.32 Å². The lowest BCUT2D eigenvalue weighted by molar-refractivity contribution is 0.626. The van der Waals surface area contributed by atoms with E-state index in [1.54, 1.807) is 12.1 Å². The highest BCUT2D eigenvalue weighted by Crippen LogP contribution is 2.28. The normalized spacial score (nSPS) is 12.2. The molecule has 1 nitrogen and oxygen atoms in total. The summed E-state index contributed by atoms with van der Waals surface area (Å²) in [7, 11) is 0. The molecular formula is C14H12BrFIN. The Morgan fingerprint density at radius 3 is 2.50 bits per heavy atom. The summed E-state index contributed by atoms with van der Waals surface area (Å²) in [5.41, 5.74) is 2.10. The van der Waals surface area contributed by atoms with Gasteiger partial charge in [0.1, 0.15) is 5.82 Å². The largest absolute Gasteiger partial charge is 0.378 e. The van der Waals surface area contributed by atoms with E-state index in [1.165, 1.54) is 15.7 Å². The lowest BCUT2D eigenvalue weighted by atomic mass is 10.1. The average Bonchev–Trinajstić information content (AvgIpc) is 2.34. The van der Waals surface area contributed by atoms with Crippen molar-refractivity contribution in [2.75, 3.05) is 5.32 Å². The summed E-state index contributed by atoms with van der Waals surface area (Å²) in [4.78, 5) is 0. The molecule has 0 aliphatic heterocycles. The first-order valence-corrected chi connectivity index (χ1v) is 7.40. The second-order valence-corrected chi connectivity index (χ2v) is 6.14. The predicted octanol–water partition coefficient (Wildman–Crippen LogP) is 5.37. The summed E-state index contributed by atoms with van der Waals surface area (Å²) in [5.74, 6) is -0.207. The standard InChI is InChI=1S/C14H12BrFIN/c1-9(10-2-4-11(16)5-3-10)18-14-8-12(17)6-7-13(14)15/h2-9,18H,1H3. The topological polar surface area (TPSA) is 12.0 Å². The smallest absolute Gasteiger partial charge is 0.123 e. The molecule has 0 spiro atoms. The Hall–Kier alpha value is -0.620. The first-order valence-electron chi connectivity index (χ1n) is 5.53. The highest BCUT2D eigenvalue weighted by Gasteiger charge is 2.08. The zero-order chi connectivity index (χ0) is 13.1. The van der Waals surface area contributed by atoms with Crippen LogP contribution in [0.4, 0.5) is 10.1 Å². The van der Waals surface area contributed by atoms with Crippen LogP contribution in [0.1, 0.15) is 18.5 Å². The van der Waals surface area contributed by atoms with Crippen LogP contribution >= 0.6 is 38.5 Å². The van der Waals surface area contributed by atoms with Gasteiger partial charge in [0.25, 0.3) is 0 Å². The number of halogens is 3.